The van der Waals surface area contributed by atoms with Crippen molar-refractivity contribution < 1.29 is 29.0 Å². The van der Waals surface area contributed by atoms with E-state index in [0.717, 1.165) is 5.56 Å². The summed E-state index contributed by atoms with van der Waals surface area (Å²) < 4.78 is 9.92. The maximum atomic E-state index is 12.8. The van der Waals surface area contributed by atoms with Crippen LogP contribution < -0.4 is 16.8 Å². The van der Waals surface area contributed by atoms with E-state index in [1.54, 1.807) is 44.3 Å². The number of nitrogens with one attached hydrogen (secondary N) is 2. The van der Waals surface area contributed by atoms with E-state index in [1.807, 2.05) is 0 Å². The van der Waals surface area contributed by atoms with Gasteiger partial charge in [0.2, 0.25) is 11.8 Å². The van der Waals surface area contributed by atoms with E-state index in [4.69, 9.17) is 20.9 Å². The first-order valence-electron chi connectivity index (χ1n) is 11.6. The minimum absolute atomic E-state index is 0.0401. The molecule has 0 aliphatic heterocycles. The molecule has 3 rings (SSSR count). The SMILES string of the molecule is CCOC(=O)CC[C@H](NC(=O)c1ccc(C(CN)c2c[nH]c3nc(N)nc(O)c23)cc1)C(=O)OCC. The quantitative estimate of drug-likeness (QED) is 0.241. The van der Waals surface area contributed by atoms with Crippen molar-refractivity contribution in [1.82, 2.24) is 20.3 Å². The number of rotatable bonds is 11. The number of esters is 2. The number of nitrogens with zero attached hydrogens (tertiary/aromatic N) is 2. The van der Waals surface area contributed by atoms with Crippen LogP contribution in [0.2, 0.25) is 0 Å². The first-order valence-corrected chi connectivity index (χ1v) is 11.6. The van der Waals surface area contributed by atoms with Crippen LogP contribution in [0.3, 0.4) is 0 Å². The molecule has 0 spiro atoms. The number of carbonyl (C=O) groups excluding carboxylic acids is 3. The largest absolute Gasteiger partial charge is 0.493 e. The molecular weight excluding hydrogens is 468 g/mol. The van der Waals surface area contributed by atoms with E-state index in [9.17, 15) is 19.5 Å². The Bertz CT molecular complexity index is 1230. The highest BCUT2D eigenvalue weighted by Gasteiger charge is 2.25. The number of ether oxygens (including phenoxy) is 2. The van der Waals surface area contributed by atoms with Crippen LogP contribution in [0.1, 0.15) is 54.1 Å². The van der Waals surface area contributed by atoms with Crippen LogP contribution in [0.5, 0.6) is 5.88 Å². The van der Waals surface area contributed by atoms with E-state index < -0.39 is 23.9 Å². The lowest BCUT2D eigenvalue weighted by Gasteiger charge is -2.18. The minimum atomic E-state index is -1.00. The lowest BCUT2D eigenvalue weighted by atomic mass is 9.91. The number of carbonyl (C=O) groups is 3. The number of nitrogen functional groups attached to an aromatic ring is 1. The number of amides is 1. The Balaban J connectivity index is 1.77. The predicted octanol–water partition coefficient (Wildman–Crippen LogP) is 1.34. The molecule has 0 bridgehead atoms. The fourth-order valence-electron chi connectivity index (χ4n) is 3.87. The highest BCUT2D eigenvalue weighted by molar-refractivity contribution is 5.97. The van der Waals surface area contributed by atoms with Gasteiger partial charge in [0.05, 0.1) is 18.6 Å². The van der Waals surface area contributed by atoms with Crippen LogP contribution in [0.15, 0.2) is 30.5 Å². The number of hydrogen-bond acceptors (Lipinski definition) is 10. The second kappa shape index (κ2) is 12.0. The van der Waals surface area contributed by atoms with Gasteiger partial charge in [0.25, 0.3) is 5.91 Å². The van der Waals surface area contributed by atoms with Crippen LogP contribution >= 0.6 is 0 Å². The van der Waals surface area contributed by atoms with Crippen LogP contribution in [0, 0.1) is 0 Å². The summed E-state index contributed by atoms with van der Waals surface area (Å²) >= 11 is 0. The Morgan fingerprint density at radius 3 is 2.44 bits per heavy atom. The first kappa shape index (κ1) is 26.4. The molecule has 0 fully saturated rings. The maximum absolute atomic E-state index is 12.8. The van der Waals surface area contributed by atoms with Crippen LogP contribution in [0.25, 0.3) is 11.0 Å². The van der Waals surface area contributed by atoms with Gasteiger partial charge in [0.1, 0.15) is 11.7 Å². The highest BCUT2D eigenvalue weighted by Crippen LogP contribution is 2.34. The molecule has 0 aliphatic carbocycles. The third-order valence-corrected chi connectivity index (χ3v) is 5.57. The number of fused-ring (bicyclic) bond motifs is 1. The topological polar surface area (TPSA) is 196 Å². The lowest BCUT2D eigenvalue weighted by molar-refractivity contribution is -0.146. The summed E-state index contributed by atoms with van der Waals surface area (Å²) in [5.41, 5.74) is 13.8. The molecule has 3 aromatic rings. The number of anilines is 1. The van der Waals surface area contributed by atoms with Crippen LogP contribution in [-0.2, 0) is 19.1 Å². The van der Waals surface area contributed by atoms with Gasteiger partial charge in [-0.15, -0.1) is 0 Å². The fraction of sp³-hybridized carbons (Fsp3) is 0.375. The summed E-state index contributed by atoms with van der Waals surface area (Å²) in [6.07, 6.45) is 1.69. The van der Waals surface area contributed by atoms with E-state index in [-0.39, 0.29) is 50.3 Å². The molecule has 12 heteroatoms. The van der Waals surface area contributed by atoms with E-state index in [0.29, 0.717) is 22.2 Å². The van der Waals surface area contributed by atoms with Crippen molar-refractivity contribution in [2.75, 3.05) is 25.5 Å². The third kappa shape index (κ3) is 6.08. The Labute approximate surface area is 207 Å². The lowest BCUT2D eigenvalue weighted by Crippen LogP contribution is -2.42. The molecule has 7 N–H and O–H groups in total. The first-order chi connectivity index (χ1) is 17.3. The molecule has 2 atom stereocenters. The second-order valence-electron chi connectivity index (χ2n) is 7.91. The zero-order valence-electron chi connectivity index (χ0n) is 20.1. The molecule has 2 heterocycles. The van der Waals surface area contributed by atoms with Crippen molar-refractivity contribution in [3.8, 4) is 5.88 Å². The Kier molecular flexibility index (Phi) is 8.79. The molecule has 192 valence electrons. The summed E-state index contributed by atoms with van der Waals surface area (Å²) in [4.78, 5) is 47.7. The monoisotopic (exact) mass is 498 g/mol. The number of aromatic nitrogens is 3. The van der Waals surface area contributed by atoms with Gasteiger partial charge < -0.3 is 36.3 Å². The van der Waals surface area contributed by atoms with Gasteiger partial charge in [0.15, 0.2) is 0 Å². The number of hydrogen-bond donors (Lipinski definition) is 5. The number of nitrogens with two attached hydrogens (primary N) is 2. The Morgan fingerprint density at radius 2 is 1.81 bits per heavy atom. The predicted molar refractivity (Wildman–Crippen MR) is 131 cm³/mol. The Morgan fingerprint density at radius 1 is 1.11 bits per heavy atom. The third-order valence-electron chi connectivity index (χ3n) is 5.57. The molecule has 36 heavy (non-hydrogen) atoms. The zero-order chi connectivity index (χ0) is 26.2. The maximum Gasteiger partial charge on any atom is 0.328 e. The van der Waals surface area contributed by atoms with Crippen molar-refractivity contribution >= 4 is 34.8 Å². The summed E-state index contributed by atoms with van der Waals surface area (Å²) in [6.45, 7) is 3.92. The standard InChI is InChI=1S/C24H30N6O6/c1-3-35-18(31)10-9-17(23(34)36-4-2)28-21(32)14-7-5-13(6-8-14)15(11-25)16-12-27-20-19(16)22(33)30-24(26)29-20/h5-8,12,15,17H,3-4,9-11,25H2,1-2H3,(H,28,32)(H4,26,27,29,30,33)/t15?,17-/m0/s1. The van der Waals surface area contributed by atoms with E-state index in [2.05, 4.69) is 20.3 Å². The van der Waals surface area contributed by atoms with Gasteiger partial charge in [-0.05, 0) is 43.5 Å². The van der Waals surface area contributed by atoms with Gasteiger partial charge in [-0.1, -0.05) is 12.1 Å². The molecule has 12 nitrogen and oxygen atoms in total. The molecule has 0 radical (unpaired) electrons. The minimum Gasteiger partial charge on any atom is -0.493 e. The average molecular weight is 499 g/mol. The van der Waals surface area contributed by atoms with Gasteiger partial charge in [0, 0.05) is 30.6 Å². The second-order valence-corrected chi connectivity index (χ2v) is 7.91. The van der Waals surface area contributed by atoms with Crippen molar-refractivity contribution in [3.63, 3.8) is 0 Å². The molecule has 1 aromatic carbocycles. The molecule has 1 amide bonds. The van der Waals surface area contributed by atoms with Gasteiger partial charge >= 0.3 is 11.9 Å². The number of aromatic hydroxyl groups is 1. The van der Waals surface area contributed by atoms with Crippen molar-refractivity contribution in [2.45, 2.75) is 38.6 Å². The molecule has 2 aromatic heterocycles. The smallest absolute Gasteiger partial charge is 0.328 e. The number of H-pyrrole nitrogens is 1. The number of benzene rings is 1. The van der Waals surface area contributed by atoms with Crippen LogP contribution in [0.4, 0.5) is 5.95 Å². The molecular formula is C24H30N6O6. The average Bonchev–Trinajstić information content (AvgIpc) is 3.26. The zero-order valence-corrected chi connectivity index (χ0v) is 20.1. The van der Waals surface area contributed by atoms with Gasteiger partial charge in [-0.25, -0.2) is 4.79 Å². The van der Waals surface area contributed by atoms with E-state index >= 15 is 0 Å². The molecule has 0 saturated heterocycles. The fourth-order valence-corrected chi connectivity index (χ4v) is 3.87. The highest BCUT2D eigenvalue weighted by atomic mass is 16.5. The number of aromatic amines is 1. The van der Waals surface area contributed by atoms with Crippen molar-refractivity contribution in [1.29, 1.82) is 0 Å². The van der Waals surface area contributed by atoms with E-state index in [1.165, 1.54) is 0 Å². The van der Waals surface area contributed by atoms with Gasteiger partial charge in [-0.3, -0.25) is 9.59 Å². The van der Waals surface area contributed by atoms with Gasteiger partial charge in [-0.2, -0.15) is 9.97 Å². The summed E-state index contributed by atoms with van der Waals surface area (Å²) in [5.74, 6) is -2.23. The summed E-state index contributed by atoms with van der Waals surface area (Å²) in [6, 6.07) is 5.67. The van der Waals surface area contributed by atoms with Crippen molar-refractivity contribution in [3.05, 3.63) is 47.2 Å². The summed E-state index contributed by atoms with van der Waals surface area (Å²) in [5, 5.41) is 13.3. The molecule has 0 aliphatic rings. The van der Waals surface area contributed by atoms with Crippen LogP contribution in [-0.4, -0.2) is 63.7 Å². The Hall–Kier alpha value is -4.19. The summed E-state index contributed by atoms with van der Waals surface area (Å²) in [7, 11) is 0. The van der Waals surface area contributed by atoms with Crippen molar-refractivity contribution in [2.24, 2.45) is 5.73 Å². The normalized spacial score (nSPS) is 12.6. The molecule has 0 saturated carbocycles. The molecule has 1 unspecified atom stereocenters.